The molecule has 0 bridgehead atoms. The molecule has 1 aromatic heterocycles. The monoisotopic (exact) mass is 540 g/mol. The first kappa shape index (κ1) is 24.7. The van der Waals surface area contributed by atoms with Crippen LogP contribution in [-0.4, -0.2) is 83.5 Å². The van der Waals surface area contributed by atoms with E-state index in [1.54, 1.807) is 12.1 Å². The zero-order chi connectivity index (χ0) is 25.9. The number of hydrogen-bond donors (Lipinski definition) is 3. The molecule has 192 valence electrons. The van der Waals surface area contributed by atoms with E-state index in [0.29, 0.717) is 53.8 Å². The molecule has 0 radical (unpaired) electrons. The van der Waals surface area contributed by atoms with Crippen molar-refractivity contribution in [3.63, 3.8) is 0 Å². The smallest absolute Gasteiger partial charge is 0.229 e. The highest BCUT2D eigenvalue weighted by Gasteiger charge is 2.45. The van der Waals surface area contributed by atoms with Crippen molar-refractivity contribution in [1.29, 1.82) is 0 Å². The zero-order valence-electron chi connectivity index (χ0n) is 20.7. The van der Waals surface area contributed by atoms with Crippen molar-refractivity contribution in [2.75, 3.05) is 57.5 Å². The van der Waals surface area contributed by atoms with Crippen molar-refractivity contribution >= 4 is 52.1 Å². The number of phenols is 1. The summed E-state index contributed by atoms with van der Waals surface area (Å²) in [4.78, 5) is 25.5. The van der Waals surface area contributed by atoms with Crippen molar-refractivity contribution in [3.05, 3.63) is 53.3 Å². The van der Waals surface area contributed by atoms with Gasteiger partial charge in [0.2, 0.25) is 11.4 Å². The fourth-order valence-electron chi connectivity index (χ4n) is 5.30. The molecule has 0 spiro atoms. The summed E-state index contributed by atoms with van der Waals surface area (Å²) >= 11 is 6.77. The number of nitrogens with zero attached hydrogens (tertiary/aromatic N) is 4. The van der Waals surface area contributed by atoms with Gasteiger partial charge in [-0.1, -0.05) is 35.9 Å². The lowest BCUT2D eigenvalue weighted by Crippen LogP contribution is -2.58. The second kappa shape index (κ2) is 9.29. The van der Waals surface area contributed by atoms with Crippen molar-refractivity contribution in [2.45, 2.75) is 6.04 Å². The van der Waals surface area contributed by atoms with Crippen LogP contribution in [-0.2, 0) is 0 Å². The molecule has 0 atom stereocenters. The molecule has 2 aliphatic rings. The fourth-order valence-corrected chi connectivity index (χ4v) is 8.19. The number of aromatic nitrogens is 2. The van der Waals surface area contributed by atoms with Crippen LogP contribution in [0.5, 0.6) is 5.75 Å². The number of rotatable bonds is 4. The highest BCUT2D eigenvalue weighted by Crippen LogP contribution is 2.55. The molecule has 2 aliphatic heterocycles. The predicted octanol–water partition coefficient (Wildman–Crippen LogP) is 3.85. The molecule has 10 heteroatoms. The highest BCUT2D eigenvalue weighted by atomic mass is 35.5. The number of halogens is 2. The van der Waals surface area contributed by atoms with Gasteiger partial charge in [0, 0.05) is 37.8 Å². The van der Waals surface area contributed by atoms with Crippen LogP contribution in [0, 0.1) is 5.82 Å². The lowest BCUT2D eigenvalue weighted by Gasteiger charge is -2.42. The van der Waals surface area contributed by atoms with Gasteiger partial charge in [0.25, 0.3) is 0 Å². The second-order valence-corrected chi connectivity index (χ2v) is 13.7. The minimum Gasteiger partial charge on any atom is -0.508 e. The Kier molecular flexibility index (Phi) is 6.21. The molecule has 0 unspecified atom stereocenters. The Balaban J connectivity index is 1.60. The van der Waals surface area contributed by atoms with Gasteiger partial charge in [-0.3, -0.25) is 0 Å². The second-order valence-electron chi connectivity index (χ2n) is 10.1. The number of anilines is 1. The highest BCUT2D eigenvalue weighted by molar-refractivity contribution is 7.78. The van der Waals surface area contributed by atoms with Crippen molar-refractivity contribution in [1.82, 2.24) is 20.2 Å². The van der Waals surface area contributed by atoms with Crippen LogP contribution in [0.25, 0.3) is 32.8 Å². The van der Waals surface area contributed by atoms with Crippen molar-refractivity contribution < 1.29 is 14.4 Å². The average Bonchev–Trinajstić information content (AvgIpc) is 2.83. The lowest BCUT2D eigenvalue weighted by molar-refractivity contribution is 0.245. The fraction of sp³-hybridized carbons (Fsp3) is 0.333. The van der Waals surface area contributed by atoms with E-state index < -0.39 is 13.3 Å². The third kappa shape index (κ3) is 4.21. The Morgan fingerprint density at radius 2 is 1.81 bits per heavy atom. The van der Waals surface area contributed by atoms with Gasteiger partial charge in [0.15, 0.2) is 13.3 Å². The van der Waals surface area contributed by atoms with Crippen LogP contribution >= 0.6 is 19.1 Å². The quantitative estimate of drug-likeness (QED) is 0.339. The zero-order valence-corrected chi connectivity index (χ0v) is 22.4. The molecule has 0 aliphatic carbocycles. The van der Waals surface area contributed by atoms with Crippen LogP contribution < -0.4 is 15.7 Å². The van der Waals surface area contributed by atoms with E-state index >= 15 is 4.39 Å². The van der Waals surface area contributed by atoms with Gasteiger partial charge < -0.3 is 20.2 Å². The van der Waals surface area contributed by atoms with Gasteiger partial charge in [-0.15, -0.1) is 0 Å². The van der Waals surface area contributed by atoms with Gasteiger partial charge in [-0.2, -0.15) is 4.98 Å². The minimum atomic E-state index is -2.64. The van der Waals surface area contributed by atoms with E-state index in [1.807, 2.05) is 43.3 Å². The van der Waals surface area contributed by atoms with Gasteiger partial charge in [-0.25, -0.2) is 14.3 Å². The Morgan fingerprint density at radius 1 is 1.08 bits per heavy atom. The number of fused-ring (bicyclic) bond motifs is 2. The Morgan fingerprint density at radius 3 is 2.54 bits per heavy atom. The molecular formula is C27H29ClFN5O2P+. The summed E-state index contributed by atoms with van der Waals surface area (Å²) in [6.07, 6.45) is 1.13. The first-order valence-corrected chi connectivity index (χ1v) is 14.9. The molecule has 6 rings (SSSR count). The average molecular weight is 541 g/mol. The third-order valence-corrected chi connectivity index (χ3v) is 10.9. The minimum absolute atomic E-state index is 0.0265. The molecular weight excluding hydrogens is 512 g/mol. The number of aromatic hydroxyl groups is 1. The van der Waals surface area contributed by atoms with E-state index in [4.69, 9.17) is 21.6 Å². The maximum atomic E-state index is 16.6. The first-order valence-electron chi connectivity index (χ1n) is 12.4. The SMILES string of the molecule is CN(C)C1CN(c2nc([P+]3(O)CCNCC3)c3cc(Cl)c(-c4cc(O)cc5ccccc45)c(F)c3n2)C1. The van der Waals surface area contributed by atoms with Gasteiger partial charge >= 0.3 is 0 Å². The molecule has 3 heterocycles. The number of benzene rings is 3. The summed E-state index contributed by atoms with van der Waals surface area (Å²) in [6, 6.07) is 12.7. The van der Waals surface area contributed by atoms with E-state index in [9.17, 15) is 10.00 Å². The topological polar surface area (TPSA) is 84.8 Å². The normalized spacial score (nSPS) is 18.1. The number of phenolic OH excluding ortho intramolecular Hbond substituents is 1. The molecule has 7 nitrogen and oxygen atoms in total. The third-order valence-electron chi connectivity index (χ3n) is 7.55. The molecule has 2 fully saturated rings. The van der Waals surface area contributed by atoms with Crippen LogP contribution in [0.1, 0.15) is 0 Å². The Bertz CT molecular complexity index is 1520. The molecule has 0 amide bonds. The summed E-state index contributed by atoms with van der Waals surface area (Å²) in [6.45, 7) is 2.83. The summed E-state index contributed by atoms with van der Waals surface area (Å²) in [7, 11) is 1.43. The van der Waals surface area contributed by atoms with E-state index in [-0.39, 0.29) is 21.9 Å². The molecule has 4 aromatic rings. The molecule has 0 saturated carbocycles. The molecule has 3 N–H and O–H groups in total. The van der Waals surface area contributed by atoms with Crippen LogP contribution in [0.2, 0.25) is 5.02 Å². The first-order chi connectivity index (χ1) is 17.7. The van der Waals surface area contributed by atoms with Crippen molar-refractivity contribution in [3.8, 4) is 16.9 Å². The Labute approximate surface area is 220 Å². The van der Waals surface area contributed by atoms with Gasteiger partial charge in [0.1, 0.15) is 23.6 Å². The van der Waals surface area contributed by atoms with E-state index in [2.05, 4.69) is 10.2 Å². The van der Waals surface area contributed by atoms with E-state index in [1.165, 1.54) is 6.07 Å². The number of likely N-dealkylation sites (N-methyl/N-ethyl adjacent to an activating group) is 1. The van der Waals surface area contributed by atoms with Crippen molar-refractivity contribution in [2.24, 2.45) is 0 Å². The summed E-state index contributed by atoms with van der Waals surface area (Å²) in [5.41, 5.74) is 1.35. The summed E-state index contributed by atoms with van der Waals surface area (Å²) < 4.78 is 16.6. The summed E-state index contributed by atoms with van der Waals surface area (Å²) in [5, 5.41) is 15.9. The van der Waals surface area contributed by atoms with Crippen LogP contribution in [0.4, 0.5) is 10.3 Å². The van der Waals surface area contributed by atoms with Gasteiger partial charge in [0.05, 0.1) is 10.4 Å². The standard InChI is InChI=1S/C27H28ClFN5O2P/c1-33(2)17-14-34(15-17)27-31-25-21(26(32-27)37(36)9-7-30-8-10-37)13-22(28)23(24(25)29)20-12-18(35)11-16-5-3-4-6-19(16)20/h3-6,11-13,17,30,36H,7-10,14-15H2,1-2H3/p+1. The molecule has 37 heavy (non-hydrogen) atoms. The lowest BCUT2D eigenvalue weighted by atomic mass is 9.96. The maximum Gasteiger partial charge on any atom is 0.229 e. The van der Waals surface area contributed by atoms with Crippen LogP contribution in [0.15, 0.2) is 42.5 Å². The van der Waals surface area contributed by atoms with E-state index in [0.717, 1.165) is 23.9 Å². The van der Waals surface area contributed by atoms with Gasteiger partial charge in [-0.05, 0) is 48.6 Å². The number of hydrogen-bond acceptors (Lipinski definition) is 7. The Hall–Kier alpha value is -2.61. The molecule has 3 aromatic carbocycles. The number of nitrogens with one attached hydrogen (secondary N) is 1. The van der Waals surface area contributed by atoms with Crippen LogP contribution in [0.3, 0.4) is 0 Å². The summed E-state index contributed by atoms with van der Waals surface area (Å²) in [5.74, 6) is -0.117. The predicted molar refractivity (Wildman–Crippen MR) is 150 cm³/mol. The molecule has 2 saturated heterocycles. The largest absolute Gasteiger partial charge is 0.508 e. The maximum absolute atomic E-state index is 16.6.